The van der Waals surface area contributed by atoms with Crippen LogP contribution in [0.15, 0.2) is 36.0 Å². The topological polar surface area (TPSA) is 32.8 Å². The maximum absolute atomic E-state index is 12.8. The Morgan fingerprint density at radius 1 is 1.25 bits per heavy atom. The fourth-order valence-electron chi connectivity index (χ4n) is 2.72. The van der Waals surface area contributed by atoms with Crippen LogP contribution in [0.3, 0.4) is 0 Å². The Balaban J connectivity index is 2.04. The summed E-state index contributed by atoms with van der Waals surface area (Å²) in [6, 6.07) is 5.32. The van der Waals surface area contributed by atoms with E-state index in [0.29, 0.717) is 44.2 Å². The summed E-state index contributed by atoms with van der Waals surface area (Å²) in [4.78, 5) is 15.7. The van der Waals surface area contributed by atoms with Crippen molar-refractivity contribution in [1.82, 2.24) is 4.90 Å². The Labute approximate surface area is 139 Å². The minimum Gasteiger partial charge on any atom is -0.461 e. The molecule has 0 aliphatic carbocycles. The van der Waals surface area contributed by atoms with Crippen LogP contribution in [0.1, 0.15) is 19.4 Å². The molecule has 0 amide bonds. The van der Waals surface area contributed by atoms with E-state index in [4.69, 9.17) is 4.74 Å². The third-order valence-corrected chi connectivity index (χ3v) is 3.92. The van der Waals surface area contributed by atoms with E-state index in [1.165, 1.54) is 6.07 Å². The minimum absolute atomic E-state index is 0.306. The maximum atomic E-state index is 12.8. The average molecular weight is 342 g/mol. The number of esters is 1. The van der Waals surface area contributed by atoms with Gasteiger partial charge in [-0.1, -0.05) is 12.1 Å². The Morgan fingerprint density at radius 2 is 1.92 bits per heavy atom. The molecule has 7 heteroatoms. The third-order valence-electron chi connectivity index (χ3n) is 3.92. The first-order valence-corrected chi connectivity index (χ1v) is 7.87. The third kappa shape index (κ3) is 4.21. The summed E-state index contributed by atoms with van der Waals surface area (Å²) < 4.78 is 43.5. The van der Waals surface area contributed by atoms with Crippen molar-refractivity contribution in [2.24, 2.45) is 0 Å². The van der Waals surface area contributed by atoms with Crippen molar-refractivity contribution in [3.63, 3.8) is 0 Å². The van der Waals surface area contributed by atoms with E-state index in [9.17, 15) is 18.0 Å². The van der Waals surface area contributed by atoms with Crippen molar-refractivity contribution >= 4 is 11.7 Å². The van der Waals surface area contributed by atoms with E-state index in [-0.39, 0.29) is 5.97 Å². The predicted molar refractivity (Wildman–Crippen MR) is 85.6 cm³/mol. The van der Waals surface area contributed by atoms with Crippen LogP contribution in [-0.2, 0) is 15.7 Å². The van der Waals surface area contributed by atoms with E-state index in [1.54, 1.807) is 26.0 Å². The lowest BCUT2D eigenvalue weighted by molar-refractivity contribution is -0.140. The number of alkyl halides is 3. The lowest BCUT2D eigenvalue weighted by atomic mass is 10.1. The van der Waals surface area contributed by atoms with E-state index in [0.717, 1.165) is 12.1 Å². The number of carbonyl (C=O) groups is 1. The van der Waals surface area contributed by atoms with Gasteiger partial charge in [-0.25, -0.2) is 4.79 Å². The van der Waals surface area contributed by atoms with Crippen LogP contribution in [0.2, 0.25) is 0 Å². The molecule has 1 aliphatic rings. The first-order valence-electron chi connectivity index (χ1n) is 7.87. The quantitative estimate of drug-likeness (QED) is 0.621. The SMILES string of the molecule is CC=C(C(=O)OCC)N1CCN(c2cccc(C(F)(F)F)c2)CC1. The summed E-state index contributed by atoms with van der Waals surface area (Å²) in [5.74, 6) is -0.368. The summed E-state index contributed by atoms with van der Waals surface area (Å²) >= 11 is 0. The van der Waals surface area contributed by atoms with Gasteiger partial charge in [-0.3, -0.25) is 0 Å². The van der Waals surface area contributed by atoms with Gasteiger partial charge in [-0.05, 0) is 32.0 Å². The Morgan fingerprint density at radius 3 is 2.46 bits per heavy atom. The Kier molecular flexibility index (Phi) is 5.75. The lowest BCUT2D eigenvalue weighted by Crippen LogP contribution is -2.47. The van der Waals surface area contributed by atoms with Crippen LogP contribution in [0.25, 0.3) is 0 Å². The molecule has 0 N–H and O–H groups in total. The number of hydrogen-bond acceptors (Lipinski definition) is 4. The highest BCUT2D eigenvalue weighted by atomic mass is 19.4. The largest absolute Gasteiger partial charge is 0.461 e. The summed E-state index contributed by atoms with van der Waals surface area (Å²) in [5, 5.41) is 0. The van der Waals surface area contributed by atoms with Crippen molar-refractivity contribution in [3.8, 4) is 0 Å². The fourth-order valence-corrected chi connectivity index (χ4v) is 2.72. The zero-order valence-electron chi connectivity index (χ0n) is 13.8. The van der Waals surface area contributed by atoms with Crippen molar-refractivity contribution in [1.29, 1.82) is 0 Å². The molecule has 0 unspecified atom stereocenters. The minimum atomic E-state index is -4.35. The van der Waals surface area contributed by atoms with Crippen LogP contribution in [0.5, 0.6) is 0 Å². The summed E-state index contributed by atoms with van der Waals surface area (Å²) in [6.45, 7) is 6.00. The van der Waals surface area contributed by atoms with E-state index in [2.05, 4.69) is 0 Å². The van der Waals surface area contributed by atoms with Crippen LogP contribution in [-0.4, -0.2) is 43.7 Å². The number of nitrogens with zero attached hydrogens (tertiary/aromatic N) is 2. The molecule has 0 radical (unpaired) electrons. The molecule has 4 nitrogen and oxygen atoms in total. The standard InChI is InChI=1S/C17H21F3N2O2/c1-3-15(16(23)24-4-2)22-10-8-21(9-11-22)14-7-5-6-13(12-14)17(18,19)20/h3,5-7,12H,4,8-11H2,1-2H3. The van der Waals surface area contributed by atoms with Crippen molar-refractivity contribution < 1.29 is 22.7 Å². The number of piperazine rings is 1. The van der Waals surface area contributed by atoms with Crippen molar-refractivity contribution in [2.75, 3.05) is 37.7 Å². The van der Waals surface area contributed by atoms with Crippen LogP contribution in [0, 0.1) is 0 Å². The molecule has 1 aromatic carbocycles. The zero-order valence-corrected chi connectivity index (χ0v) is 13.8. The van der Waals surface area contributed by atoms with Gasteiger partial charge in [0.05, 0.1) is 12.2 Å². The Hall–Kier alpha value is -2.18. The van der Waals surface area contributed by atoms with Gasteiger partial charge >= 0.3 is 12.1 Å². The second-order valence-electron chi connectivity index (χ2n) is 5.42. The van der Waals surface area contributed by atoms with Crippen LogP contribution < -0.4 is 4.90 Å². The number of halogens is 3. The van der Waals surface area contributed by atoms with Gasteiger partial charge in [-0.15, -0.1) is 0 Å². The van der Waals surface area contributed by atoms with Crippen LogP contribution >= 0.6 is 0 Å². The molecule has 1 heterocycles. The van der Waals surface area contributed by atoms with Gasteiger partial charge in [0.25, 0.3) is 0 Å². The second kappa shape index (κ2) is 7.59. The molecule has 2 rings (SSSR count). The fraction of sp³-hybridized carbons (Fsp3) is 0.471. The second-order valence-corrected chi connectivity index (χ2v) is 5.42. The number of anilines is 1. The highest BCUT2D eigenvalue weighted by Gasteiger charge is 2.31. The first-order chi connectivity index (χ1) is 11.4. The zero-order chi connectivity index (χ0) is 17.7. The van der Waals surface area contributed by atoms with E-state index in [1.807, 2.05) is 9.80 Å². The van der Waals surface area contributed by atoms with Crippen LogP contribution in [0.4, 0.5) is 18.9 Å². The summed E-state index contributed by atoms with van der Waals surface area (Å²) in [6.07, 6.45) is -2.64. The number of ether oxygens (including phenoxy) is 1. The molecule has 24 heavy (non-hydrogen) atoms. The molecule has 1 saturated heterocycles. The van der Waals surface area contributed by atoms with Crippen molar-refractivity contribution in [2.45, 2.75) is 20.0 Å². The normalized spacial score (nSPS) is 16.3. The van der Waals surface area contributed by atoms with Gasteiger partial charge in [0.1, 0.15) is 5.70 Å². The molecule has 0 atom stereocenters. The number of benzene rings is 1. The van der Waals surface area contributed by atoms with Crippen molar-refractivity contribution in [3.05, 3.63) is 41.6 Å². The lowest BCUT2D eigenvalue weighted by Gasteiger charge is -2.37. The molecule has 0 spiro atoms. The molecule has 1 aromatic rings. The number of allylic oxidation sites excluding steroid dienone is 1. The molecular formula is C17H21F3N2O2. The van der Waals surface area contributed by atoms with E-state index < -0.39 is 11.7 Å². The number of carbonyl (C=O) groups excluding carboxylic acids is 1. The van der Waals surface area contributed by atoms with Gasteiger partial charge in [0, 0.05) is 31.9 Å². The monoisotopic (exact) mass is 342 g/mol. The maximum Gasteiger partial charge on any atom is 0.416 e. The molecule has 0 bridgehead atoms. The molecule has 0 aromatic heterocycles. The Bertz CT molecular complexity index is 606. The molecule has 132 valence electrons. The highest BCUT2D eigenvalue weighted by Crippen LogP contribution is 2.32. The predicted octanol–water partition coefficient (Wildman–Crippen LogP) is 3.29. The molecule has 1 fully saturated rings. The van der Waals surface area contributed by atoms with Gasteiger partial charge < -0.3 is 14.5 Å². The molecule has 1 aliphatic heterocycles. The summed E-state index contributed by atoms with van der Waals surface area (Å²) in [7, 11) is 0. The van der Waals surface area contributed by atoms with Gasteiger partial charge in [0.15, 0.2) is 0 Å². The first kappa shape index (κ1) is 18.2. The summed E-state index contributed by atoms with van der Waals surface area (Å²) in [5.41, 5.74) is 0.395. The smallest absolute Gasteiger partial charge is 0.416 e. The average Bonchev–Trinajstić information content (AvgIpc) is 2.56. The number of hydrogen-bond donors (Lipinski definition) is 0. The highest BCUT2D eigenvalue weighted by molar-refractivity contribution is 5.87. The van der Waals surface area contributed by atoms with E-state index >= 15 is 0 Å². The molecular weight excluding hydrogens is 321 g/mol. The van der Waals surface area contributed by atoms with Gasteiger partial charge in [-0.2, -0.15) is 13.2 Å². The van der Waals surface area contributed by atoms with Gasteiger partial charge in [0.2, 0.25) is 0 Å². The number of rotatable bonds is 4. The molecule has 0 saturated carbocycles.